The van der Waals surface area contributed by atoms with E-state index in [0.717, 1.165) is 5.56 Å². The summed E-state index contributed by atoms with van der Waals surface area (Å²) in [5.74, 6) is -1.32. The van der Waals surface area contributed by atoms with Crippen LogP contribution in [-0.2, 0) is 11.2 Å². The zero-order valence-electron chi connectivity index (χ0n) is 15.0. The molecular formula is C22H18N2O3S. The third kappa shape index (κ3) is 3.34. The Balaban J connectivity index is 1.70. The Morgan fingerprint density at radius 2 is 1.93 bits per heavy atom. The number of carbonyl (C=O) groups excluding carboxylic acids is 2. The summed E-state index contributed by atoms with van der Waals surface area (Å²) in [6.45, 7) is 0.383. The van der Waals surface area contributed by atoms with Gasteiger partial charge in [-0.1, -0.05) is 42.5 Å². The summed E-state index contributed by atoms with van der Waals surface area (Å²) < 4.78 is 0. The van der Waals surface area contributed by atoms with Crippen molar-refractivity contribution in [2.24, 2.45) is 0 Å². The van der Waals surface area contributed by atoms with Gasteiger partial charge in [0.1, 0.15) is 0 Å². The fraction of sp³-hybridized carbons (Fsp3) is 0.136. The third-order valence-corrected chi connectivity index (χ3v) is 5.65. The van der Waals surface area contributed by atoms with Crippen molar-refractivity contribution in [3.8, 4) is 0 Å². The number of carbonyl (C=O) groups is 2. The molecule has 3 heterocycles. The number of aliphatic hydroxyl groups excluding tert-OH is 1. The molecule has 0 bridgehead atoms. The molecule has 2 aromatic heterocycles. The summed E-state index contributed by atoms with van der Waals surface area (Å²) in [5, 5.41) is 12.4. The van der Waals surface area contributed by atoms with E-state index >= 15 is 0 Å². The molecule has 140 valence electrons. The smallest absolute Gasteiger partial charge is 0.290 e. The zero-order valence-corrected chi connectivity index (χ0v) is 15.8. The maximum Gasteiger partial charge on any atom is 0.290 e. The molecular weight excluding hydrogens is 372 g/mol. The van der Waals surface area contributed by atoms with E-state index in [9.17, 15) is 14.7 Å². The van der Waals surface area contributed by atoms with Gasteiger partial charge in [-0.3, -0.25) is 14.6 Å². The van der Waals surface area contributed by atoms with Crippen LogP contribution in [0.2, 0.25) is 0 Å². The normalized spacial score (nSPS) is 16.6. The van der Waals surface area contributed by atoms with E-state index in [1.165, 1.54) is 11.3 Å². The lowest BCUT2D eigenvalue weighted by molar-refractivity contribution is -0.129. The van der Waals surface area contributed by atoms with Gasteiger partial charge >= 0.3 is 0 Å². The highest BCUT2D eigenvalue weighted by Gasteiger charge is 2.43. The lowest BCUT2D eigenvalue weighted by Gasteiger charge is -2.26. The minimum atomic E-state index is -0.653. The number of ketones is 1. The van der Waals surface area contributed by atoms with Gasteiger partial charge < -0.3 is 10.0 Å². The second-order valence-corrected chi connectivity index (χ2v) is 7.44. The van der Waals surface area contributed by atoms with Crippen molar-refractivity contribution in [1.82, 2.24) is 9.88 Å². The Kier molecular flexibility index (Phi) is 5.04. The van der Waals surface area contributed by atoms with Crippen molar-refractivity contribution in [3.05, 3.63) is 99.7 Å². The number of rotatable bonds is 6. The minimum absolute atomic E-state index is 0.119. The first-order valence-corrected chi connectivity index (χ1v) is 9.81. The maximum atomic E-state index is 13.1. The van der Waals surface area contributed by atoms with Gasteiger partial charge in [-0.05, 0) is 35.1 Å². The number of Topliss-reactive ketones (excluding diaryl/α,β-unsaturated/α-hetero) is 1. The first kappa shape index (κ1) is 18.1. The molecule has 5 nitrogen and oxygen atoms in total. The van der Waals surface area contributed by atoms with Gasteiger partial charge in [-0.2, -0.15) is 0 Å². The molecule has 0 aliphatic carbocycles. The SMILES string of the molecule is O=C(C1=C(O)C(=O)N(CCc2ccccc2)C1c1cccnc1)c1cccs1. The summed E-state index contributed by atoms with van der Waals surface area (Å²) in [6, 6.07) is 16.2. The van der Waals surface area contributed by atoms with Crippen LogP contribution in [0.25, 0.3) is 0 Å². The molecule has 4 rings (SSSR count). The van der Waals surface area contributed by atoms with Crippen molar-refractivity contribution in [2.75, 3.05) is 6.54 Å². The van der Waals surface area contributed by atoms with Crippen molar-refractivity contribution in [2.45, 2.75) is 12.5 Å². The van der Waals surface area contributed by atoms with E-state index in [2.05, 4.69) is 4.98 Å². The molecule has 28 heavy (non-hydrogen) atoms. The summed E-state index contributed by atoms with van der Waals surface area (Å²) >= 11 is 1.29. The number of benzene rings is 1. The Hall–Kier alpha value is -3.25. The number of amides is 1. The van der Waals surface area contributed by atoms with Gasteiger partial charge in [0.05, 0.1) is 16.5 Å². The van der Waals surface area contributed by atoms with E-state index in [1.54, 1.807) is 40.9 Å². The molecule has 1 amide bonds. The molecule has 1 unspecified atom stereocenters. The summed E-state index contributed by atoms with van der Waals surface area (Å²) in [6.07, 6.45) is 3.89. The standard InChI is InChI=1S/C22H18N2O3S/c25-20(17-9-5-13-28-17)18-19(16-8-4-11-23-14-16)24(22(27)21(18)26)12-10-15-6-2-1-3-7-15/h1-9,11,13-14,19,26H,10,12H2. The summed E-state index contributed by atoms with van der Waals surface area (Å²) in [7, 11) is 0. The number of aliphatic hydroxyl groups is 1. The Bertz CT molecular complexity index is 1010. The highest BCUT2D eigenvalue weighted by atomic mass is 32.1. The molecule has 0 spiro atoms. The van der Waals surface area contributed by atoms with Crippen LogP contribution in [0.4, 0.5) is 0 Å². The van der Waals surface area contributed by atoms with Crippen LogP contribution < -0.4 is 0 Å². The molecule has 1 aliphatic heterocycles. The van der Waals surface area contributed by atoms with Gasteiger partial charge in [-0.15, -0.1) is 11.3 Å². The van der Waals surface area contributed by atoms with E-state index in [1.807, 2.05) is 36.4 Å². The quantitative estimate of drug-likeness (QED) is 0.647. The fourth-order valence-corrected chi connectivity index (χ4v) is 4.11. The Labute approximate surface area is 166 Å². The first-order valence-electron chi connectivity index (χ1n) is 8.93. The van der Waals surface area contributed by atoms with Crippen LogP contribution in [0.5, 0.6) is 0 Å². The van der Waals surface area contributed by atoms with Crippen LogP contribution in [0, 0.1) is 0 Å². The van der Waals surface area contributed by atoms with E-state index in [0.29, 0.717) is 23.4 Å². The molecule has 0 saturated heterocycles. The van der Waals surface area contributed by atoms with Crippen LogP contribution in [0.1, 0.15) is 26.8 Å². The van der Waals surface area contributed by atoms with E-state index in [-0.39, 0.29) is 11.4 Å². The Morgan fingerprint density at radius 3 is 2.61 bits per heavy atom. The van der Waals surface area contributed by atoms with Crippen LogP contribution in [0.3, 0.4) is 0 Å². The average molecular weight is 390 g/mol. The molecule has 1 N–H and O–H groups in total. The molecule has 1 aliphatic rings. The predicted molar refractivity (Wildman–Crippen MR) is 107 cm³/mol. The van der Waals surface area contributed by atoms with E-state index in [4.69, 9.17) is 0 Å². The topological polar surface area (TPSA) is 70.5 Å². The van der Waals surface area contributed by atoms with Gasteiger partial charge in [0.25, 0.3) is 5.91 Å². The molecule has 3 aromatic rings. The minimum Gasteiger partial charge on any atom is -0.503 e. The highest BCUT2D eigenvalue weighted by Crippen LogP contribution is 2.39. The molecule has 1 aromatic carbocycles. The number of hydrogen-bond acceptors (Lipinski definition) is 5. The number of aromatic nitrogens is 1. The molecule has 1 atom stereocenters. The van der Waals surface area contributed by atoms with Crippen molar-refractivity contribution in [1.29, 1.82) is 0 Å². The second kappa shape index (κ2) is 7.78. The highest BCUT2D eigenvalue weighted by molar-refractivity contribution is 7.12. The number of pyridine rings is 1. The number of hydrogen-bond donors (Lipinski definition) is 1. The predicted octanol–water partition coefficient (Wildman–Crippen LogP) is 3.96. The molecule has 0 saturated carbocycles. The summed E-state index contributed by atoms with van der Waals surface area (Å²) in [4.78, 5) is 32.1. The van der Waals surface area contributed by atoms with Crippen molar-refractivity contribution in [3.63, 3.8) is 0 Å². The van der Waals surface area contributed by atoms with Crippen LogP contribution >= 0.6 is 11.3 Å². The van der Waals surface area contributed by atoms with Gasteiger partial charge in [0, 0.05) is 18.9 Å². The lowest BCUT2D eigenvalue weighted by atomic mass is 9.96. The third-order valence-electron chi connectivity index (χ3n) is 4.78. The first-order chi connectivity index (χ1) is 13.7. The van der Waals surface area contributed by atoms with Crippen LogP contribution in [0.15, 0.2) is 83.7 Å². The van der Waals surface area contributed by atoms with Gasteiger partial charge in [0.2, 0.25) is 5.78 Å². The lowest BCUT2D eigenvalue weighted by Crippen LogP contribution is -2.33. The maximum absolute atomic E-state index is 13.1. The molecule has 0 fully saturated rings. The molecule has 0 radical (unpaired) electrons. The van der Waals surface area contributed by atoms with Gasteiger partial charge in [-0.25, -0.2) is 0 Å². The monoisotopic (exact) mass is 390 g/mol. The van der Waals surface area contributed by atoms with E-state index < -0.39 is 17.7 Å². The fourth-order valence-electron chi connectivity index (χ4n) is 3.44. The van der Waals surface area contributed by atoms with Crippen molar-refractivity contribution >= 4 is 23.0 Å². The average Bonchev–Trinajstić information content (AvgIpc) is 3.36. The Morgan fingerprint density at radius 1 is 1.11 bits per heavy atom. The van der Waals surface area contributed by atoms with Gasteiger partial charge in [0.15, 0.2) is 5.76 Å². The summed E-state index contributed by atoms with van der Waals surface area (Å²) in [5.41, 5.74) is 1.90. The van der Waals surface area contributed by atoms with Crippen LogP contribution in [-0.4, -0.2) is 33.2 Å². The van der Waals surface area contributed by atoms with Crippen molar-refractivity contribution < 1.29 is 14.7 Å². The largest absolute Gasteiger partial charge is 0.503 e. The number of nitrogens with zero attached hydrogens (tertiary/aromatic N) is 2. The molecule has 6 heteroatoms. The number of thiophene rings is 1. The second-order valence-electron chi connectivity index (χ2n) is 6.49. The zero-order chi connectivity index (χ0) is 19.5.